The van der Waals surface area contributed by atoms with Crippen molar-refractivity contribution in [1.82, 2.24) is 0 Å². The van der Waals surface area contributed by atoms with Gasteiger partial charge in [-0.25, -0.2) is 4.39 Å². The van der Waals surface area contributed by atoms with Gasteiger partial charge in [0.15, 0.2) is 11.5 Å². The third-order valence-corrected chi connectivity index (χ3v) is 4.42. The Bertz CT molecular complexity index is 433. The molecule has 1 aliphatic heterocycles. The fourth-order valence-electron chi connectivity index (χ4n) is 2.28. The van der Waals surface area contributed by atoms with Crippen LogP contribution in [0.4, 0.5) is 4.39 Å². The van der Waals surface area contributed by atoms with Crippen LogP contribution in [0.3, 0.4) is 0 Å². The average molecular weight is 333 g/mol. The van der Waals surface area contributed by atoms with Gasteiger partial charge < -0.3 is 14.2 Å². The van der Waals surface area contributed by atoms with Crippen LogP contribution in [0.1, 0.15) is 29.7 Å². The van der Waals surface area contributed by atoms with Crippen molar-refractivity contribution < 1.29 is 18.6 Å². The van der Waals surface area contributed by atoms with Gasteiger partial charge in [-0.2, -0.15) is 0 Å². The Morgan fingerprint density at radius 1 is 1.26 bits per heavy atom. The SMILES string of the molecule is COc1cc(F)c(C(Br)C2CCCCO2)cc1OC. The summed E-state index contributed by atoms with van der Waals surface area (Å²) in [5.41, 5.74) is 0.546. The molecular weight excluding hydrogens is 315 g/mol. The number of rotatable bonds is 4. The lowest BCUT2D eigenvalue weighted by Gasteiger charge is -2.27. The van der Waals surface area contributed by atoms with Gasteiger partial charge in [-0.1, -0.05) is 15.9 Å². The molecule has 0 spiro atoms. The van der Waals surface area contributed by atoms with Gasteiger partial charge in [0.25, 0.3) is 0 Å². The molecule has 0 N–H and O–H groups in total. The molecule has 0 amide bonds. The molecule has 0 bridgehead atoms. The maximum atomic E-state index is 14.1. The minimum absolute atomic E-state index is 0.00125. The van der Waals surface area contributed by atoms with Crippen molar-refractivity contribution in [1.29, 1.82) is 0 Å². The molecule has 19 heavy (non-hydrogen) atoms. The number of methoxy groups -OCH3 is 2. The van der Waals surface area contributed by atoms with E-state index < -0.39 is 0 Å². The van der Waals surface area contributed by atoms with Crippen LogP contribution in [-0.4, -0.2) is 26.9 Å². The summed E-state index contributed by atoms with van der Waals surface area (Å²) in [7, 11) is 3.03. The maximum Gasteiger partial charge on any atom is 0.163 e. The van der Waals surface area contributed by atoms with Gasteiger partial charge in [-0.15, -0.1) is 0 Å². The second-order valence-corrected chi connectivity index (χ2v) is 5.52. The van der Waals surface area contributed by atoms with Crippen molar-refractivity contribution in [3.8, 4) is 11.5 Å². The second-order valence-electron chi connectivity index (χ2n) is 4.54. The van der Waals surface area contributed by atoms with E-state index in [-0.39, 0.29) is 16.7 Å². The molecule has 0 aromatic heterocycles. The van der Waals surface area contributed by atoms with Gasteiger partial charge in [0.05, 0.1) is 25.2 Å². The standard InChI is InChI=1S/C14H18BrFO3/c1-17-12-7-9(10(16)8-13(12)18-2)14(15)11-5-3-4-6-19-11/h7-8,11,14H,3-6H2,1-2H3. The summed E-state index contributed by atoms with van der Waals surface area (Å²) in [5, 5.41) is 0. The normalized spacial score (nSPS) is 20.9. The number of halogens is 2. The van der Waals surface area contributed by atoms with Crippen LogP contribution < -0.4 is 9.47 Å². The lowest BCUT2D eigenvalue weighted by molar-refractivity contribution is 0.0155. The molecule has 5 heteroatoms. The van der Waals surface area contributed by atoms with Crippen molar-refractivity contribution in [2.45, 2.75) is 30.2 Å². The van der Waals surface area contributed by atoms with Gasteiger partial charge >= 0.3 is 0 Å². The van der Waals surface area contributed by atoms with Crippen LogP contribution in [0, 0.1) is 5.82 Å². The van der Waals surface area contributed by atoms with Crippen molar-refractivity contribution in [3.05, 3.63) is 23.5 Å². The summed E-state index contributed by atoms with van der Waals surface area (Å²) in [6.07, 6.45) is 3.12. The first-order chi connectivity index (χ1) is 9.17. The maximum absolute atomic E-state index is 14.1. The van der Waals surface area contributed by atoms with Crippen LogP contribution in [0.25, 0.3) is 0 Å². The summed E-state index contributed by atoms with van der Waals surface area (Å²) in [6.45, 7) is 0.738. The number of benzene rings is 1. The van der Waals surface area contributed by atoms with E-state index >= 15 is 0 Å². The molecule has 2 atom stereocenters. The van der Waals surface area contributed by atoms with Crippen molar-refractivity contribution in [2.75, 3.05) is 20.8 Å². The molecule has 3 nitrogen and oxygen atoms in total. The number of alkyl halides is 1. The number of ether oxygens (including phenoxy) is 3. The third kappa shape index (κ3) is 3.20. The Morgan fingerprint density at radius 2 is 1.95 bits per heavy atom. The van der Waals surface area contributed by atoms with Gasteiger partial charge in [0.2, 0.25) is 0 Å². The van der Waals surface area contributed by atoms with Crippen LogP contribution >= 0.6 is 15.9 Å². The molecule has 1 saturated heterocycles. The summed E-state index contributed by atoms with van der Waals surface area (Å²) >= 11 is 3.55. The Hall–Kier alpha value is -0.810. The van der Waals surface area contributed by atoms with E-state index in [1.807, 2.05) is 0 Å². The molecule has 2 rings (SSSR count). The predicted octanol–water partition coefficient (Wildman–Crippen LogP) is 3.85. The molecule has 0 radical (unpaired) electrons. The van der Waals surface area contributed by atoms with Gasteiger partial charge in [0.1, 0.15) is 5.82 Å². The van der Waals surface area contributed by atoms with E-state index in [2.05, 4.69) is 15.9 Å². The first-order valence-corrected chi connectivity index (χ1v) is 7.26. The summed E-state index contributed by atoms with van der Waals surface area (Å²) in [6, 6.07) is 3.02. The molecule has 0 aliphatic carbocycles. The van der Waals surface area contributed by atoms with Gasteiger partial charge in [-0.05, 0) is 25.3 Å². The van der Waals surface area contributed by atoms with Crippen LogP contribution in [-0.2, 0) is 4.74 Å². The summed E-state index contributed by atoms with van der Waals surface area (Å²) in [5.74, 6) is 0.612. The fourth-order valence-corrected chi connectivity index (χ4v) is 3.05. The zero-order valence-electron chi connectivity index (χ0n) is 11.1. The zero-order valence-corrected chi connectivity index (χ0v) is 12.7. The van der Waals surface area contributed by atoms with E-state index in [0.717, 1.165) is 25.9 Å². The summed E-state index contributed by atoms with van der Waals surface area (Å²) < 4.78 is 30.1. The molecule has 1 aromatic carbocycles. The molecule has 1 heterocycles. The minimum atomic E-state index is -0.311. The van der Waals surface area contributed by atoms with Crippen LogP contribution in [0.5, 0.6) is 11.5 Å². The molecule has 106 valence electrons. The van der Waals surface area contributed by atoms with Gasteiger partial charge in [-0.3, -0.25) is 0 Å². The Kier molecular flexibility index (Phi) is 5.05. The molecule has 0 saturated carbocycles. The molecule has 1 aliphatic rings. The highest BCUT2D eigenvalue weighted by molar-refractivity contribution is 9.09. The minimum Gasteiger partial charge on any atom is -0.493 e. The van der Waals surface area contributed by atoms with Crippen molar-refractivity contribution >= 4 is 15.9 Å². The largest absolute Gasteiger partial charge is 0.493 e. The van der Waals surface area contributed by atoms with E-state index in [4.69, 9.17) is 14.2 Å². The monoisotopic (exact) mass is 332 g/mol. The average Bonchev–Trinajstić information content (AvgIpc) is 2.47. The molecule has 2 unspecified atom stereocenters. The first kappa shape index (κ1) is 14.6. The van der Waals surface area contributed by atoms with Crippen LogP contribution in [0.2, 0.25) is 0 Å². The quantitative estimate of drug-likeness (QED) is 0.784. The molecule has 1 fully saturated rings. The molecule has 1 aromatic rings. The van der Waals surface area contributed by atoms with Crippen molar-refractivity contribution in [3.63, 3.8) is 0 Å². The second kappa shape index (κ2) is 6.57. The highest BCUT2D eigenvalue weighted by Gasteiger charge is 2.27. The topological polar surface area (TPSA) is 27.7 Å². The fraction of sp³-hybridized carbons (Fsp3) is 0.571. The van der Waals surface area contributed by atoms with E-state index in [1.54, 1.807) is 13.2 Å². The van der Waals surface area contributed by atoms with Gasteiger partial charge in [0, 0.05) is 18.2 Å². The predicted molar refractivity (Wildman–Crippen MR) is 74.8 cm³/mol. The highest BCUT2D eigenvalue weighted by atomic mass is 79.9. The highest BCUT2D eigenvalue weighted by Crippen LogP contribution is 2.39. The molecular formula is C14H18BrFO3. The lowest BCUT2D eigenvalue weighted by atomic mass is 10.0. The smallest absolute Gasteiger partial charge is 0.163 e. The van der Waals surface area contributed by atoms with Crippen LogP contribution in [0.15, 0.2) is 12.1 Å². The number of hydrogen-bond acceptors (Lipinski definition) is 3. The van der Waals surface area contributed by atoms with Crippen molar-refractivity contribution in [2.24, 2.45) is 0 Å². The first-order valence-electron chi connectivity index (χ1n) is 6.34. The summed E-state index contributed by atoms with van der Waals surface area (Å²) in [4.78, 5) is -0.174. The zero-order chi connectivity index (χ0) is 13.8. The van der Waals surface area contributed by atoms with E-state index in [0.29, 0.717) is 17.1 Å². The van der Waals surface area contributed by atoms with E-state index in [9.17, 15) is 4.39 Å². The lowest BCUT2D eigenvalue weighted by Crippen LogP contribution is -2.24. The Labute approximate surface area is 121 Å². The van der Waals surface area contributed by atoms with E-state index in [1.165, 1.54) is 13.2 Å². The number of hydrogen-bond donors (Lipinski definition) is 0. The Balaban J connectivity index is 2.27. The Morgan fingerprint density at radius 3 is 2.53 bits per heavy atom. The third-order valence-electron chi connectivity index (χ3n) is 3.34.